The van der Waals surface area contributed by atoms with Crippen molar-refractivity contribution in [1.82, 2.24) is 4.98 Å². The molecule has 1 N–H and O–H groups in total. The molecule has 0 atom stereocenters. The van der Waals surface area contributed by atoms with Gasteiger partial charge in [-0.25, -0.2) is 4.98 Å². The molecule has 0 unspecified atom stereocenters. The van der Waals surface area contributed by atoms with Crippen molar-refractivity contribution in [2.24, 2.45) is 0 Å². The van der Waals surface area contributed by atoms with Gasteiger partial charge in [0.05, 0.1) is 12.5 Å². The van der Waals surface area contributed by atoms with Gasteiger partial charge in [-0.05, 0) is 0 Å². The van der Waals surface area contributed by atoms with Crippen molar-refractivity contribution in [3.8, 4) is 0 Å². The molecule has 10 heavy (non-hydrogen) atoms. The first kappa shape index (κ1) is 9.12. The van der Waals surface area contributed by atoms with Crippen molar-refractivity contribution >= 4 is 10.1 Å². The highest BCUT2D eigenvalue weighted by Gasteiger charge is 1.81. The Hall–Kier alpha value is -0.880. The molecule has 58 valence electrons. The van der Waals surface area contributed by atoms with Crippen LogP contribution in [0.3, 0.4) is 0 Å². The van der Waals surface area contributed by atoms with Crippen LogP contribution in [0.4, 0.5) is 0 Å². The summed E-state index contributed by atoms with van der Waals surface area (Å²) < 4.78 is 30.3. The molecule has 0 fully saturated rings. The largest absolute Gasteiger partial charge is 0.452 e. The quantitative estimate of drug-likeness (QED) is 0.554. The molecule has 0 amide bonds. The van der Waals surface area contributed by atoms with Crippen LogP contribution in [0.25, 0.3) is 0 Å². The van der Waals surface area contributed by atoms with Gasteiger partial charge in [-0.15, -0.1) is 0 Å². The maximum absolute atomic E-state index is 9.19. The minimum Gasteiger partial charge on any atom is -0.452 e. The molecule has 0 spiro atoms. The Bertz CT molecular complexity index is 213. The highest BCUT2D eigenvalue weighted by atomic mass is 32.2. The molecule has 6 heteroatoms. The molecule has 0 saturated carbocycles. The van der Waals surface area contributed by atoms with E-state index in [0.29, 0.717) is 6.26 Å². The van der Waals surface area contributed by atoms with Gasteiger partial charge in [0.1, 0.15) is 6.26 Å². The Morgan fingerprint density at radius 1 is 1.60 bits per heavy atom. The average molecular weight is 165 g/mol. The Kier molecular flexibility index (Phi) is 3.67. The van der Waals surface area contributed by atoms with E-state index in [1.807, 2.05) is 0 Å². The first-order chi connectivity index (χ1) is 4.50. The van der Waals surface area contributed by atoms with E-state index >= 15 is 0 Å². The van der Waals surface area contributed by atoms with Crippen LogP contribution >= 0.6 is 0 Å². The molecule has 1 aromatic heterocycles. The zero-order chi connectivity index (χ0) is 8.04. The first-order valence-corrected chi connectivity index (χ1v) is 4.09. The van der Waals surface area contributed by atoms with E-state index in [9.17, 15) is 8.42 Å². The van der Waals surface area contributed by atoms with Crippen LogP contribution in [0, 0.1) is 0 Å². The van der Waals surface area contributed by atoms with Crippen LogP contribution in [0.2, 0.25) is 0 Å². The molecule has 5 nitrogen and oxygen atoms in total. The van der Waals surface area contributed by atoms with Crippen molar-refractivity contribution in [2.75, 3.05) is 6.26 Å². The van der Waals surface area contributed by atoms with Crippen LogP contribution in [0.5, 0.6) is 0 Å². The zero-order valence-electron chi connectivity index (χ0n) is 5.26. The lowest BCUT2D eigenvalue weighted by Crippen LogP contribution is -1.88. The number of rotatable bonds is 0. The molecule has 1 heterocycles. The zero-order valence-corrected chi connectivity index (χ0v) is 6.08. The van der Waals surface area contributed by atoms with Crippen LogP contribution in [-0.2, 0) is 10.1 Å². The molecular weight excluding hydrogens is 158 g/mol. The van der Waals surface area contributed by atoms with Crippen molar-refractivity contribution < 1.29 is 17.4 Å². The molecule has 0 aliphatic heterocycles. The second kappa shape index (κ2) is 4.02. The third-order valence-corrected chi connectivity index (χ3v) is 0.347. The van der Waals surface area contributed by atoms with Crippen LogP contribution in [-0.4, -0.2) is 24.2 Å². The fourth-order valence-electron chi connectivity index (χ4n) is 0.176. The molecule has 0 aliphatic rings. The van der Waals surface area contributed by atoms with Crippen LogP contribution in [0.1, 0.15) is 0 Å². The number of hydrogen-bond donors (Lipinski definition) is 1. The lowest BCUT2D eigenvalue weighted by Gasteiger charge is -1.69. The number of nitrogens with zero attached hydrogens (tertiary/aromatic N) is 1. The van der Waals surface area contributed by atoms with E-state index in [2.05, 4.69) is 9.40 Å². The van der Waals surface area contributed by atoms with Crippen molar-refractivity contribution in [1.29, 1.82) is 0 Å². The molecule has 0 aromatic carbocycles. The molecule has 0 saturated heterocycles. The van der Waals surface area contributed by atoms with Crippen molar-refractivity contribution in [3.63, 3.8) is 0 Å². The second-order valence-electron chi connectivity index (χ2n) is 1.41. The van der Waals surface area contributed by atoms with Gasteiger partial charge in [0.15, 0.2) is 6.39 Å². The van der Waals surface area contributed by atoms with Crippen molar-refractivity contribution in [2.45, 2.75) is 0 Å². The minimum atomic E-state index is -3.67. The smallest absolute Gasteiger partial charge is 0.261 e. The van der Waals surface area contributed by atoms with Gasteiger partial charge in [0, 0.05) is 0 Å². The first-order valence-electron chi connectivity index (χ1n) is 2.25. The predicted molar refractivity (Wildman–Crippen MR) is 34.0 cm³/mol. The summed E-state index contributed by atoms with van der Waals surface area (Å²) in [5, 5.41) is 0. The van der Waals surface area contributed by atoms with E-state index in [0.717, 1.165) is 0 Å². The average Bonchev–Trinajstić information content (AvgIpc) is 2.07. The third kappa shape index (κ3) is 15.7. The predicted octanol–water partition coefficient (Wildman–Crippen LogP) is 0.179. The van der Waals surface area contributed by atoms with E-state index in [-0.39, 0.29) is 0 Å². The minimum absolute atomic E-state index is 0.715. The highest BCUT2D eigenvalue weighted by molar-refractivity contribution is 7.85. The van der Waals surface area contributed by atoms with Crippen molar-refractivity contribution in [3.05, 3.63) is 18.9 Å². The summed E-state index contributed by atoms with van der Waals surface area (Å²) in [6.07, 6.45) is 5.19. The Morgan fingerprint density at radius 3 is 2.20 bits per heavy atom. The molecule has 1 rings (SSSR count). The summed E-state index contributed by atoms with van der Waals surface area (Å²) in [4.78, 5) is 3.56. The second-order valence-corrected chi connectivity index (χ2v) is 2.87. The number of hydrogen-bond acceptors (Lipinski definition) is 4. The summed E-state index contributed by atoms with van der Waals surface area (Å²) in [5.41, 5.74) is 0. The molecular formula is C4H7NO4S. The Morgan fingerprint density at radius 2 is 2.10 bits per heavy atom. The lowest BCUT2D eigenvalue weighted by atomic mass is 11.0. The monoisotopic (exact) mass is 165 g/mol. The Labute approximate surface area is 58.4 Å². The fourth-order valence-corrected chi connectivity index (χ4v) is 0.176. The summed E-state index contributed by atoms with van der Waals surface area (Å²) in [7, 11) is -3.67. The maximum Gasteiger partial charge on any atom is 0.261 e. The standard InChI is InChI=1S/C3H3NO.CH4O3S/c1-2-5-3-4-1;1-5(2,3)4/h1-3H;1H3,(H,2,3,4). The molecule has 0 bridgehead atoms. The van der Waals surface area contributed by atoms with Gasteiger partial charge in [0.25, 0.3) is 10.1 Å². The van der Waals surface area contributed by atoms with E-state index in [1.54, 1.807) is 6.20 Å². The van der Waals surface area contributed by atoms with Gasteiger partial charge in [-0.1, -0.05) is 0 Å². The highest BCUT2D eigenvalue weighted by Crippen LogP contribution is 1.72. The third-order valence-electron chi connectivity index (χ3n) is 0.347. The number of aromatic nitrogens is 1. The maximum atomic E-state index is 9.19. The van der Waals surface area contributed by atoms with Gasteiger partial charge in [0.2, 0.25) is 0 Å². The van der Waals surface area contributed by atoms with Gasteiger partial charge in [-0.3, -0.25) is 4.55 Å². The fraction of sp³-hybridized carbons (Fsp3) is 0.250. The lowest BCUT2D eigenvalue weighted by molar-refractivity contribution is 0.490. The van der Waals surface area contributed by atoms with E-state index in [1.165, 1.54) is 12.7 Å². The van der Waals surface area contributed by atoms with Gasteiger partial charge >= 0.3 is 0 Å². The normalized spacial score (nSPS) is 9.80. The molecule has 0 aliphatic carbocycles. The summed E-state index contributed by atoms with van der Waals surface area (Å²) in [6.45, 7) is 0. The SMILES string of the molecule is CS(=O)(=O)O.c1cocn1. The topological polar surface area (TPSA) is 80.4 Å². The summed E-state index contributed by atoms with van der Waals surface area (Å²) >= 11 is 0. The number of oxazole rings is 1. The van der Waals surface area contributed by atoms with Crippen LogP contribution < -0.4 is 0 Å². The molecule has 1 aromatic rings. The summed E-state index contributed by atoms with van der Waals surface area (Å²) in [5.74, 6) is 0. The van der Waals surface area contributed by atoms with Gasteiger partial charge in [-0.2, -0.15) is 8.42 Å². The van der Waals surface area contributed by atoms with E-state index in [4.69, 9.17) is 4.55 Å². The van der Waals surface area contributed by atoms with Crippen LogP contribution in [0.15, 0.2) is 23.3 Å². The summed E-state index contributed by atoms with van der Waals surface area (Å²) in [6, 6.07) is 0. The van der Waals surface area contributed by atoms with E-state index < -0.39 is 10.1 Å². The Balaban J connectivity index is 0.000000162. The van der Waals surface area contributed by atoms with Gasteiger partial charge < -0.3 is 4.42 Å². The molecule has 0 radical (unpaired) electrons.